The number of benzene rings is 1. The molecular weight excluding hydrogens is 386 g/mol. The van der Waals surface area contributed by atoms with Gasteiger partial charge in [-0.3, -0.25) is 0 Å². The molecule has 0 amide bonds. The van der Waals surface area contributed by atoms with Crippen molar-refractivity contribution in [3.63, 3.8) is 0 Å². The summed E-state index contributed by atoms with van der Waals surface area (Å²) < 4.78 is 53.6. The maximum atomic E-state index is 13.1. The number of hydrogen-bond donors (Lipinski definition) is 0. The molecule has 4 rings (SSSR count). The fourth-order valence-electron chi connectivity index (χ4n) is 2.38. The minimum Gasteiger partial charge on any atom is -0.218 e. The fourth-order valence-corrected chi connectivity index (χ4v) is 3.90. The van der Waals surface area contributed by atoms with Gasteiger partial charge in [-0.05, 0) is 41.8 Å². The number of hydrogen-bond acceptors (Lipinski definition) is 4. The van der Waals surface area contributed by atoms with Crippen LogP contribution in [0.5, 0.6) is 0 Å². The number of thiazole rings is 1. The Morgan fingerprint density at radius 2 is 1.77 bits per heavy atom. The minimum absolute atomic E-state index is 0.309. The largest absolute Gasteiger partial charge is 0.435 e. The maximum absolute atomic E-state index is 13.1. The molecule has 0 radical (unpaired) electrons. The van der Waals surface area contributed by atoms with Gasteiger partial charge in [-0.25, -0.2) is 14.1 Å². The summed E-state index contributed by atoms with van der Waals surface area (Å²) in [6.45, 7) is 0. The third-order valence-electron chi connectivity index (χ3n) is 3.59. The Labute approximate surface area is 153 Å². The molecule has 0 bridgehead atoms. The lowest BCUT2D eigenvalue weighted by atomic mass is 10.2. The molecule has 132 valence electrons. The van der Waals surface area contributed by atoms with Gasteiger partial charge in [0.1, 0.15) is 5.82 Å². The van der Waals surface area contributed by atoms with Crippen LogP contribution in [-0.2, 0) is 6.18 Å². The van der Waals surface area contributed by atoms with Gasteiger partial charge in [-0.2, -0.15) is 18.3 Å². The Morgan fingerprint density at radius 3 is 2.42 bits per heavy atom. The zero-order valence-corrected chi connectivity index (χ0v) is 14.5. The molecule has 0 saturated carbocycles. The van der Waals surface area contributed by atoms with E-state index in [4.69, 9.17) is 0 Å². The molecule has 0 saturated heterocycles. The fraction of sp³-hybridized carbons (Fsp3) is 0.0588. The number of thiophene rings is 1. The molecule has 0 fully saturated rings. The second kappa shape index (κ2) is 6.33. The Kier molecular flexibility index (Phi) is 4.12. The normalized spacial score (nSPS) is 11.8. The second-order valence-electron chi connectivity index (χ2n) is 5.32. The smallest absolute Gasteiger partial charge is 0.218 e. The van der Waals surface area contributed by atoms with E-state index in [1.165, 1.54) is 39.5 Å². The average Bonchev–Trinajstić information content (AvgIpc) is 3.33. The average molecular weight is 395 g/mol. The van der Waals surface area contributed by atoms with Gasteiger partial charge < -0.3 is 0 Å². The first-order valence-corrected chi connectivity index (χ1v) is 9.11. The summed E-state index contributed by atoms with van der Waals surface area (Å²) in [5.74, 6) is -0.369. The van der Waals surface area contributed by atoms with E-state index in [9.17, 15) is 17.6 Å². The van der Waals surface area contributed by atoms with Gasteiger partial charge in [0.2, 0.25) is 5.13 Å². The predicted octanol–water partition coefficient (Wildman–Crippen LogP) is 5.88. The van der Waals surface area contributed by atoms with Crippen molar-refractivity contribution >= 4 is 22.7 Å². The monoisotopic (exact) mass is 395 g/mol. The first kappa shape index (κ1) is 16.9. The molecule has 1 aromatic carbocycles. The van der Waals surface area contributed by atoms with E-state index in [1.807, 2.05) is 0 Å². The van der Waals surface area contributed by atoms with Gasteiger partial charge in [0.05, 0.1) is 16.3 Å². The van der Waals surface area contributed by atoms with E-state index in [2.05, 4.69) is 10.1 Å². The summed E-state index contributed by atoms with van der Waals surface area (Å²) in [6.07, 6.45) is -4.55. The van der Waals surface area contributed by atoms with Crippen molar-refractivity contribution in [1.82, 2.24) is 14.8 Å². The Morgan fingerprint density at radius 1 is 1.00 bits per heavy atom. The third-order valence-corrected chi connectivity index (χ3v) is 5.30. The Balaban J connectivity index is 1.80. The zero-order valence-electron chi connectivity index (χ0n) is 12.9. The second-order valence-corrected chi connectivity index (χ2v) is 7.11. The minimum atomic E-state index is -4.55. The highest BCUT2D eigenvalue weighted by Gasteiger charge is 2.35. The first-order valence-electron chi connectivity index (χ1n) is 7.35. The van der Waals surface area contributed by atoms with Crippen LogP contribution in [0.4, 0.5) is 17.6 Å². The highest BCUT2D eigenvalue weighted by Crippen LogP contribution is 2.35. The zero-order chi connectivity index (χ0) is 18.3. The van der Waals surface area contributed by atoms with Crippen molar-refractivity contribution in [2.45, 2.75) is 6.18 Å². The summed E-state index contributed by atoms with van der Waals surface area (Å²) in [4.78, 5) is 5.04. The van der Waals surface area contributed by atoms with Crippen LogP contribution < -0.4 is 0 Å². The molecule has 3 heterocycles. The Bertz CT molecular complexity index is 1030. The van der Waals surface area contributed by atoms with Gasteiger partial charge in [0, 0.05) is 10.9 Å². The first-order chi connectivity index (χ1) is 12.4. The van der Waals surface area contributed by atoms with E-state index >= 15 is 0 Å². The third kappa shape index (κ3) is 3.15. The van der Waals surface area contributed by atoms with Crippen LogP contribution >= 0.6 is 22.7 Å². The lowest BCUT2D eigenvalue weighted by Gasteiger charge is -2.02. The van der Waals surface area contributed by atoms with Gasteiger partial charge >= 0.3 is 6.18 Å². The Hall–Kier alpha value is -2.52. The molecule has 0 unspecified atom stereocenters. The van der Waals surface area contributed by atoms with Crippen molar-refractivity contribution in [3.8, 4) is 27.0 Å². The maximum Gasteiger partial charge on any atom is 0.435 e. The summed E-state index contributed by atoms with van der Waals surface area (Å²) in [6, 6.07) is 10.3. The molecule has 4 aromatic rings. The highest BCUT2D eigenvalue weighted by atomic mass is 32.1. The molecule has 0 aliphatic heterocycles. The lowest BCUT2D eigenvalue weighted by Crippen LogP contribution is -2.07. The summed E-state index contributed by atoms with van der Waals surface area (Å²) in [5.41, 5.74) is 0.577. The van der Waals surface area contributed by atoms with E-state index in [-0.39, 0.29) is 5.82 Å². The van der Waals surface area contributed by atoms with E-state index in [0.29, 0.717) is 27.0 Å². The van der Waals surface area contributed by atoms with Gasteiger partial charge in [0.25, 0.3) is 0 Å². The van der Waals surface area contributed by atoms with Crippen LogP contribution in [0.15, 0.2) is 53.2 Å². The van der Waals surface area contributed by atoms with Crippen molar-refractivity contribution in [2.75, 3.05) is 0 Å². The predicted molar refractivity (Wildman–Crippen MR) is 92.9 cm³/mol. The number of alkyl halides is 3. The molecule has 3 aromatic heterocycles. The number of aromatic nitrogens is 3. The molecular formula is C17H9F4N3S2. The molecule has 9 heteroatoms. The van der Waals surface area contributed by atoms with Gasteiger partial charge in [-0.15, -0.1) is 22.7 Å². The number of rotatable bonds is 3. The van der Waals surface area contributed by atoms with Crippen molar-refractivity contribution in [2.24, 2.45) is 0 Å². The molecule has 0 aliphatic carbocycles. The van der Waals surface area contributed by atoms with Crippen molar-refractivity contribution in [1.29, 1.82) is 0 Å². The van der Waals surface area contributed by atoms with E-state index in [1.54, 1.807) is 35.0 Å². The van der Waals surface area contributed by atoms with Crippen LogP contribution in [0, 0.1) is 5.82 Å². The van der Waals surface area contributed by atoms with Crippen LogP contribution in [-0.4, -0.2) is 14.8 Å². The quantitative estimate of drug-likeness (QED) is 0.406. The SMILES string of the molecule is Fc1ccc(-c2csc(-n3nc(C(F)(F)F)cc3-c3cccs3)n2)cc1. The van der Waals surface area contributed by atoms with Gasteiger partial charge in [0.15, 0.2) is 5.69 Å². The molecule has 26 heavy (non-hydrogen) atoms. The molecule has 0 N–H and O–H groups in total. The van der Waals surface area contributed by atoms with E-state index < -0.39 is 11.9 Å². The van der Waals surface area contributed by atoms with Crippen LogP contribution in [0.25, 0.3) is 27.0 Å². The summed E-state index contributed by atoms with van der Waals surface area (Å²) >= 11 is 2.49. The van der Waals surface area contributed by atoms with Crippen LogP contribution in [0.1, 0.15) is 5.69 Å². The molecule has 3 nitrogen and oxygen atoms in total. The lowest BCUT2D eigenvalue weighted by molar-refractivity contribution is -0.141. The standard InChI is InChI=1S/C17H9F4N3S2/c18-11-5-3-10(4-6-11)12-9-26-16(22-12)24-13(14-2-1-7-25-14)8-15(23-24)17(19,20)21/h1-9H. The number of nitrogens with zero attached hydrogens (tertiary/aromatic N) is 3. The molecule has 0 spiro atoms. The highest BCUT2D eigenvalue weighted by molar-refractivity contribution is 7.13. The number of halogens is 4. The van der Waals surface area contributed by atoms with E-state index in [0.717, 1.165) is 6.07 Å². The topological polar surface area (TPSA) is 30.7 Å². The molecule has 0 atom stereocenters. The van der Waals surface area contributed by atoms with Crippen LogP contribution in [0.3, 0.4) is 0 Å². The summed E-state index contributed by atoms with van der Waals surface area (Å²) in [7, 11) is 0. The summed E-state index contributed by atoms with van der Waals surface area (Å²) in [5, 5.41) is 7.51. The van der Waals surface area contributed by atoms with Crippen molar-refractivity contribution < 1.29 is 17.6 Å². The molecule has 0 aliphatic rings. The van der Waals surface area contributed by atoms with Gasteiger partial charge in [-0.1, -0.05) is 6.07 Å². The van der Waals surface area contributed by atoms with Crippen molar-refractivity contribution in [3.05, 3.63) is 64.7 Å². The van der Waals surface area contributed by atoms with Crippen LogP contribution in [0.2, 0.25) is 0 Å².